The van der Waals surface area contributed by atoms with E-state index in [-0.39, 0.29) is 1.43 Å². The topological polar surface area (TPSA) is 26.3 Å². The van der Waals surface area contributed by atoms with E-state index in [2.05, 4.69) is 27.7 Å². The van der Waals surface area contributed by atoms with Crippen molar-refractivity contribution in [3.05, 3.63) is 0 Å². The number of unbranched alkanes of at least 4 members (excludes halogenated alkanes) is 2. The molecule has 0 aromatic heterocycles. The van der Waals surface area contributed by atoms with Gasteiger partial charge in [0.05, 0.1) is 0 Å². The minimum absolute atomic E-state index is 0. The van der Waals surface area contributed by atoms with E-state index in [0.29, 0.717) is 18.4 Å². The Morgan fingerprint density at radius 2 is 1.47 bits per heavy atom. The molecule has 0 amide bonds. The van der Waals surface area contributed by atoms with Crippen LogP contribution in [0.2, 0.25) is 0 Å². The molecule has 0 saturated heterocycles. The molecule has 0 heterocycles. The van der Waals surface area contributed by atoms with E-state index >= 15 is 0 Å². The lowest BCUT2D eigenvalue weighted by Crippen LogP contribution is -2.08. The largest absolute Gasteiger partial charge is 1.00 e. The van der Waals surface area contributed by atoms with Crippen LogP contribution in [0.5, 0.6) is 0 Å². The first-order valence-electron chi connectivity index (χ1n) is 8.25. The van der Waals surface area contributed by atoms with Crippen LogP contribution in [-0.2, 0) is 9.09 Å². The highest BCUT2D eigenvalue weighted by Gasteiger charge is 2.24. The summed E-state index contributed by atoms with van der Waals surface area (Å²) in [7, 11) is -1.45. The average Bonchev–Trinajstić information content (AvgIpc) is 2.43. The Kier molecular flexibility index (Phi) is 13.1. The van der Waals surface area contributed by atoms with E-state index < -0.39 is 8.03 Å². The third-order valence-corrected chi connectivity index (χ3v) is 5.20. The molecule has 3 atom stereocenters. The second kappa shape index (κ2) is 13.1. The summed E-state index contributed by atoms with van der Waals surface area (Å²) in [4.78, 5) is 0. The third-order valence-electron chi connectivity index (χ3n) is 3.95. The summed E-state index contributed by atoms with van der Waals surface area (Å²) >= 11 is 0. The van der Waals surface area contributed by atoms with E-state index in [9.17, 15) is 4.57 Å². The van der Waals surface area contributed by atoms with Gasteiger partial charge in [-0.1, -0.05) is 59.8 Å². The zero-order chi connectivity index (χ0) is 14.5. The number of rotatable bonds is 13. The van der Waals surface area contributed by atoms with E-state index in [1.807, 2.05) is 0 Å². The van der Waals surface area contributed by atoms with Crippen molar-refractivity contribution in [2.45, 2.75) is 79.1 Å². The number of hydrogen-bond acceptors (Lipinski definition) is 2. The van der Waals surface area contributed by atoms with Gasteiger partial charge in [-0.3, -0.25) is 0 Å². The molecule has 0 aliphatic rings. The van der Waals surface area contributed by atoms with Crippen LogP contribution in [0.1, 0.15) is 80.5 Å². The van der Waals surface area contributed by atoms with Crippen LogP contribution in [0.3, 0.4) is 0 Å². The molecule has 0 aromatic carbocycles. The first-order valence-corrected chi connectivity index (χ1v) is 9.61. The van der Waals surface area contributed by atoms with Gasteiger partial charge in [0.2, 0.25) is 0 Å². The van der Waals surface area contributed by atoms with E-state index in [1.165, 1.54) is 38.5 Å². The van der Waals surface area contributed by atoms with Crippen LogP contribution in [0, 0.1) is 11.8 Å². The van der Waals surface area contributed by atoms with Crippen molar-refractivity contribution in [3.63, 3.8) is 0 Å². The van der Waals surface area contributed by atoms with Gasteiger partial charge in [0.1, 0.15) is 6.61 Å². The van der Waals surface area contributed by atoms with Crippen molar-refractivity contribution in [1.29, 1.82) is 0 Å². The summed E-state index contributed by atoms with van der Waals surface area (Å²) in [6.45, 7) is 9.51. The molecule has 2 nitrogen and oxygen atoms in total. The van der Waals surface area contributed by atoms with E-state index in [4.69, 9.17) is 4.52 Å². The molecule has 19 heavy (non-hydrogen) atoms. The van der Waals surface area contributed by atoms with Crippen molar-refractivity contribution < 1.29 is 10.5 Å². The summed E-state index contributed by atoms with van der Waals surface area (Å²) in [6, 6.07) is 0. The second-order valence-corrected chi connectivity index (χ2v) is 6.93. The van der Waals surface area contributed by atoms with Crippen LogP contribution < -0.4 is 0 Å². The summed E-state index contributed by atoms with van der Waals surface area (Å²) < 4.78 is 17.6. The average molecular weight is 290 g/mol. The number of hydrogen-bond donors (Lipinski definition) is 0. The highest BCUT2D eigenvalue weighted by Crippen LogP contribution is 2.31. The Morgan fingerprint density at radius 1 is 0.947 bits per heavy atom. The van der Waals surface area contributed by atoms with Crippen LogP contribution in [0.25, 0.3) is 0 Å². The van der Waals surface area contributed by atoms with Gasteiger partial charge in [0, 0.05) is 5.92 Å². The van der Waals surface area contributed by atoms with Crippen molar-refractivity contribution >= 4 is 8.03 Å². The Bertz CT molecular complexity index is 225. The predicted molar refractivity (Wildman–Crippen MR) is 86.1 cm³/mol. The van der Waals surface area contributed by atoms with Crippen molar-refractivity contribution in [3.8, 4) is 0 Å². The SMILES string of the molecule is CCCCC(CC)CO[P+](=O)CC(CC)CCCC.[H+]. The molecule has 0 fully saturated rings. The Morgan fingerprint density at radius 3 is 1.95 bits per heavy atom. The van der Waals surface area contributed by atoms with Gasteiger partial charge in [-0.15, -0.1) is 4.52 Å². The normalized spacial score (nSPS) is 15.3. The standard InChI is InChI=1S/C16H34O2P/c1-5-9-11-15(7-3)13-18-19(17)14-16(8-4)12-10-6-2/h15-16H,5-14H2,1-4H3/q+1/p+1. The van der Waals surface area contributed by atoms with Crippen molar-refractivity contribution in [2.24, 2.45) is 11.8 Å². The van der Waals surface area contributed by atoms with Gasteiger partial charge in [-0.2, -0.15) is 0 Å². The van der Waals surface area contributed by atoms with Gasteiger partial charge in [0.25, 0.3) is 0 Å². The molecule has 0 radical (unpaired) electrons. The van der Waals surface area contributed by atoms with Crippen LogP contribution in [-0.4, -0.2) is 12.8 Å². The molecule has 0 rings (SSSR count). The minimum atomic E-state index is -1.45. The molecule has 114 valence electrons. The molecule has 3 unspecified atom stereocenters. The van der Waals surface area contributed by atoms with E-state index in [0.717, 1.165) is 19.0 Å². The zero-order valence-corrected chi connectivity index (χ0v) is 14.4. The lowest BCUT2D eigenvalue weighted by molar-refractivity contribution is 0.241. The summed E-state index contributed by atoms with van der Waals surface area (Å²) in [5.74, 6) is 1.17. The molecule has 0 spiro atoms. The van der Waals surface area contributed by atoms with Gasteiger partial charge < -0.3 is 0 Å². The zero-order valence-electron chi connectivity index (χ0n) is 14.5. The fraction of sp³-hybridized carbons (Fsp3) is 1.00. The maximum atomic E-state index is 12.0. The summed E-state index contributed by atoms with van der Waals surface area (Å²) in [5.41, 5.74) is 0. The molecule has 3 heteroatoms. The molecule has 0 saturated carbocycles. The lowest BCUT2D eigenvalue weighted by atomic mass is 10.0. The van der Waals surface area contributed by atoms with Gasteiger partial charge in [-0.05, 0) is 29.7 Å². The Labute approximate surface area is 123 Å². The Hall–Kier alpha value is 0.0600. The maximum Gasteiger partial charge on any atom is 1.00 e. The minimum Gasteiger partial charge on any atom is -0.146 e. The smallest absolute Gasteiger partial charge is 0.146 e. The molecule has 0 bridgehead atoms. The van der Waals surface area contributed by atoms with Gasteiger partial charge in [0.15, 0.2) is 6.16 Å². The maximum absolute atomic E-state index is 12.0. The molecular formula is C16H35O2P+2. The van der Waals surface area contributed by atoms with E-state index in [1.54, 1.807) is 0 Å². The molecular weight excluding hydrogens is 255 g/mol. The predicted octanol–water partition coefficient (Wildman–Crippen LogP) is 6.29. The third kappa shape index (κ3) is 10.5. The summed E-state index contributed by atoms with van der Waals surface area (Å²) in [6.07, 6.45) is 10.4. The summed E-state index contributed by atoms with van der Waals surface area (Å²) in [5, 5.41) is 0. The fourth-order valence-corrected chi connectivity index (χ4v) is 3.61. The molecule has 0 aliphatic carbocycles. The van der Waals surface area contributed by atoms with Crippen LogP contribution >= 0.6 is 8.03 Å². The Balaban J connectivity index is 0. The molecule has 0 N–H and O–H groups in total. The van der Waals surface area contributed by atoms with Gasteiger partial charge in [-0.25, -0.2) is 0 Å². The first-order chi connectivity index (χ1) is 9.17. The molecule has 0 aliphatic heterocycles. The van der Waals surface area contributed by atoms with Crippen molar-refractivity contribution in [1.82, 2.24) is 0 Å². The quantitative estimate of drug-likeness (QED) is 0.372. The monoisotopic (exact) mass is 290 g/mol. The molecule has 0 aromatic rings. The highest BCUT2D eigenvalue weighted by molar-refractivity contribution is 7.39. The van der Waals surface area contributed by atoms with Crippen LogP contribution in [0.4, 0.5) is 0 Å². The van der Waals surface area contributed by atoms with Gasteiger partial charge >= 0.3 is 9.45 Å². The first kappa shape index (κ1) is 19.1. The second-order valence-electron chi connectivity index (χ2n) is 5.64. The highest BCUT2D eigenvalue weighted by atomic mass is 31.1. The lowest BCUT2D eigenvalue weighted by Gasteiger charge is -2.11. The van der Waals surface area contributed by atoms with Crippen LogP contribution in [0.15, 0.2) is 0 Å². The fourth-order valence-electron chi connectivity index (χ4n) is 2.27. The van der Waals surface area contributed by atoms with Crippen molar-refractivity contribution in [2.75, 3.05) is 12.8 Å².